The van der Waals surface area contributed by atoms with Crippen LogP contribution >= 0.6 is 0 Å². The van der Waals surface area contributed by atoms with Gasteiger partial charge in [0.15, 0.2) is 0 Å². The average molecular weight is 327 g/mol. The topological polar surface area (TPSA) is 20.2 Å². The zero-order chi connectivity index (χ0) is 18.5. The molecular formula is C23H34O. The van der Waals surface area contributed by atoms with E-state index in [9.17, 15) is 5.11 Å². The van der Waals surface area contributed by atoms with Crippen LogP contribution in [0.1, 0.15) is 91.0 Å². The van der Waals surface area contributed by atoms with Gasteiger partial charge in [0.25, 0.3) is 0 Å². The first kappa shape index (κ1) is 18.8. The van der Waals surface area contributed by atoms with E-state index in [4.69, 9.17) is 0 Å². The molecule has 0 saturated carbocycles. The Morgan fingerprint density at radius 1 is 0.792 bits per heavy atom. The molecule has 2 rings (SSSR count). The van der Waals surface area contributed by atoms with Crippen molar-refractivity contribution in [1.29, 1.82) is 0 Å². The SMILES string of the molecule is CC(C)(C)c1cc(C(C)(C)C)c(C2=CC=CC2)c(C(C)(C)C)c1O. The van der Waals surface area contributed by atoms with Gasteiger partial charge in [0.1, 0.15) is 5.75 Å². The number of rotatable bonds is 1. The summed E-state index contributed by atoms with van der Waals surface area (Å²) in [5.74, 6) is 0.478. The molecule has 24 heavy (non-hydrogen) atoms. The van der Waals surface area contributed by atoms with Gasteiger partial charge in [-0.05, 0) is 44.9 Å². The summed E-state index contributed by atoms with van der Waals surface area (Å²) in [7, 11) is 0. The molecule has 1 heteroatoms. The van der Waals surface area contributed by atoms with Crippen molar-refractivity contribution in [3.05, 3.63) is 46.5 Å². The molecule has 0 fully saturated rings. The van der Waals surface area contributed by atoms with Crippen LogP contribution < -0.4 is 0 Å². The third-order valence-electron chi connectivity index (χ3n) is 4.76. The number of hydrogen-bond donors (Lipinski definition) is 1. The minimum atomic E-state index is -0.121. The molecule has 1 aliphatic rings. The zero-order valence-electron chi connectivity index (χ0n) is 17.0. The second kappa shape index (κ2) is 5.79. The number of phenols is 1. The fourth-order valence-electron chi connectivity index (χ4n) is 3.53. The van der Waals surface area contributed by atoms with E-state index in [1.165, 1.54) is 16.7 Å². The van der Waals surface area contributed by atoms with Gasteiger partial charge in [0, 0.05) is 5.56 Å². The molecule has 0 amide bonds. The third kappa shape index (κ3) is 3.45. The van der Waals surface area contributed by atoms with E-state index in [-0.39, 0.29) is 16.2 Å². The van der Waals surface area contributed by atoms with Gasteiger partial charge in [-0.2, -0.15) is 0 Å². The smallest absolute Gasteiger partial charge is 0.123 e. The Kier molecular flexibility index (Phi) is 4.54. The second-order valence-corrected chi connectivity index (χ2v) is 10.1. The number of phenolic OH excluding ortho intramolecular Hbond substituents is 1. The maximum Gasteiger partial charge on any atom is 0.123 e. The van der Waals surface area contributed by atoms with E-state index in [1.807, 2.05) is 0 Å². The van der Waals surface area contributed by atoms with Crippen molar-refractivity contribution in [2.24, 2.45) is 0 Å². The fraction of sp³-hybridized carbons (Fsp3) is 0.565. The monoisotopic (exact) mass is 326 g/mol. The molecule has 0 unspecified atom stereocenters. The lowest BCUT2D eigenvalue weighted by atomic mass is 9.70. The number of benzene rings is 1. The van der Waals surface area contributed by atoms with Gasteiger partial charge in [-0.3, -0.25) is 0 Å². The summed E-state index contributed by atoms with van der Waals surface area (Å²) < 4.78 is 0. The van der Waals surface area contributed by atoms with Gasteiger partial charge >= 0.3 is 0 Å². The largest absolute Gasteiger partial charge is 0.507 e. The maximum atomic E-state index is 11.2. The summed E-state index contributed by atoms with van der Waals surface area (Å²) >= 11 is 0. The van der Waals surface area contributed by atoms with E-state index in [0.717, 1.165) is 17.5 Å². The summed E-state index contributed by atoms with van der Waals surface area (Å²) in [5, 5.41) is 11.2. The Morgan fingerprint density at radius 3 is 1.71 bits per heavy atom. The van der Waals surface area contributed by atoms with Crippen LogP contribution in [-0.2, 0) is 16.2 Å². The third-order valence-corrected chi connectivity index (χ3v) is 4.76. The molecule has 0 aliphatic heterocycles. The van der Waals surface area contributed by atoms with Gasteiger partial charge in [0.05, 0.1) is 0 Å². The van der Waals surface area contributed by atoms with Crippen molar-refractivity contribution in [3.63, 3.8) is 0 Å². The lowest BCUT2D eigenvalue weighted by molar-refractivity contribution is 0.420. The Labute approximate surface area is 148 Å². The lowest BCUT2D eigenvalue weighted by Crippen LogP contribution is -2.24. The van der Waals surface area contributed by atoms with E-state index in [1.54, 1.807) is 0 Å². The summed E-state index contributed by atoms with van der Waals surface area (Å²) in [6, 6.07) is 2.25. The highest BCUT2D eigenvalue weighted by atomic mass is 16.3. The van der Waals surface area contributed by atoms with E-state index in [2.05, 4.69) is 86.6 Å². The van der Waals surface area contributed by atoms with Gasteiger partial charge in [-0.25, -0.2) is 0 Å². The van der Waals surface area contributed by atoms with Crippen molar-refractivity contribution >= 4 is 5.57 Å². The molecule has 1 N–H and O–H groups in total. The first-order valence-electron chi connectivity index (χ1n) is 9.02. The molecule has 1 nitrogen and oxygen atoms in total. The summed E-state index contributed by atoms with van der Waals surface area (Å²) in [6.07, 6.45) is 7.47. The van der Waals surface area contributed by atoms with Crippen LogP contribution in [0.4, 0.5) is 0 Å². The first-order valence-corrected chi connectivity index (χ1v) is 9.02. The van der Waals surface area contributed by atoms with Gasteiger partial charge < -0.3 is 5.11 Å². The average Bonchev–Trinajstić information content (AvgIpc) is 2.86. The minimum Gasteiger partial charge on any atom is -0.507 e. The normalized spacial score (nSPS) is 15.8. The highest BCUT2D eigenvalue weighted by molar-refractivity contribution is 5.79. The standard InChI is InChI=1S/C23H34O/c1-21(2,3)16-14-17(22(4,5)6)20(24)19(23(7,8)9)18(16)15-12-10-11-13-15/h10-12,14,24H,13H2,1-9H3. The van der Waals surface area contributed by atoms with Gasteiger partial charge in [0.2, 0.25) is 0 Å². The number of allylic oxidation sites excluding steroid dienone is 4. The zero-order valence-corrected chi connectivity index (χ0v) is 17.0. The molecule has 0 radical (unpaired) electrons. The molecular weight excluding hydrogens is 292 g/mol. The Balaban J connectivity index is 2.97. The van der Waals surface area contributed by atoms with Crippen molar-refractivity contribution < 1.29 is 5.11 Å². The predicted octanol–water partition coefficient (Wildman–Crippen LogP) is 6.63. The molecule has 0 aromatic heterocycles. The van der Waals surface area contributed by atoms with E-state index in [0.29, 0.717) is 5.75 Å². The van der Waals surface area contributed by atoms with Crippen LogP contribution in [0.3, 0.4) is 0 Å². The minimum absolute atomic E-state index is 0.0203. The molecule has 0 saturated heterocycles. The highest BCUT2D eigenvalue weighted by Gasteiger charge is 2.34. The van der Waals surface area contributed by atoms with Crippen LogP contribution in [0.5, 0.6) is 5.75 Å². The number of hydrogen-bond acceptors (Lipinski definition) is 1. The van der Waals surface area contributed by atoms with E-state index < -0.39 is 0 Å². The molecule has 1 aromatic carbocycles. The molecule has 1 aliphatic carbocycles. The molecule has 0 bridgehead atoms. The summed E-state index contributed by atoms with van der Waals surface area (Å²) in [6.45, 7) is 19.9. The van der Waals surface area contributed by atoms with Crippen LogP contribution in [-0.4, -0.2) is 5.11 Å². The Bertz CT molecular complexity index is 696. The quantitative estimate of drug-likeness (QED) is 0.614. The first-order chi connectivity index (χ1) is 10.7. The van der Waals surface area contributed by atoms with Crippen LogP contribution in [0.2, 0.25) is 0 Å². The molecule has 0 spiro atoms. The van der Waals surface area contributed by atoms with Crippen molar-refractivity contribution in [2.75, 3.05) is 0 Å². The number of aromatic hydroxyl groups is 1. The lowest BCUT2D eigenvalue weighted by Gasteiger charge is -2.35. The predicted molar refractivity (Wildman–Crippen MR) is 106 cm³/mol. The summed E-state index contributed by atoms with van der Waals surface area (Å²) in [4.78, 5) is 0. The Morgan fingerprint density at radius 2 is 1.33 bits per heavy atom. The maximum absolute atomic E-state index is 11.2. The van der Waals surface area contributed by atoms with Crippen molar-refractivity contribution in [2.45, 2.75) is 85.0 Å². The van der Waals surface area contributed by atoms with Gasteiger partial charge in [-0.1, -0.05) is 86.6 Å². The second-order valence-electron chi connectivity index (χ2n) is 10.1. The molecule has 0 heterocycles. The van der Waals surface area contributed by atoms with Gasteiger partial charge in [-0.15, -0.1) is 0 Å². The molecule has 0 atom stereocenters. The van der Waals surface area contributed by atoms with Crippen molar-refractivity contribution in [1.82, 2.24) is 0 Å². The van der Waals surface area contributed by atoms with Crippen LogP contribution in [0, 0.1) is 0 Å². The Hall–Kier alpha value is -1.50. The van der Waals surface area contributed by atoms with Crippen molar-refractivity contribution in [3.8, 4) is 5.75 Å². The molecule has 132 valence electrons. The molecule has 1 aromatic rings. The van der Waals surface area contributed by atoms with Crippen LogP contribution in [0.15, 0.2) is 24.3 Å². The summed E-state index contributed by atoms with van der Waals surface area (Å²) in [5.41, 5.74) is 5.86. The van der Waals surface area contributed by atoms with Crippen LogP contribution in [0.25, 0.3) is 5.57 Å². The highest BCUT2D eigenvalue weighted by Crippen LogP contribution is 2.48. The van der Waals surface area contributed by atoms with E-state index >= 15 is 0 Å². The fourth-order valence-corrected chi connectivity index (χ4v) is 3.53.